The van der Waals surface area contributed by atoms with E-state index in [-0.39, 0.29) is 33.9 Å². The average Bonchev–Trinajstić information content (AvgIpc) is 2.73. The summed E-state index contributed by atoms with van der Waals surface area (Å²) in [6.45, 7) is 3.72. The van der Waals surface area contributed by atoms with E-state index in [2.05, 4.69) is 21.2 Å². The van der Waals surface area contributed by atoms with Crippen LogP contribution in [0, 0.1) is 0 Å². The molecule has 3 rings (SSSR count). The Labute approximate surface area is 198 Å². The summed E-state index contributed by atoms with van der Waals surface area (Å²) in [6.07, 6.45) is 1.24. The van der Waals surface area contributed by atoms with E-state index in [1.165, 1.54) is 32.4 Å². The molecule has 0 bridgehead atoms. The maximum absolute atomic E-state index is 13.3. The number of hydrogen-bond acceptors (Lipinski definition) is 6. The molecule has 1 aliphatic rings. The number of hydrogen-bond donors (Lipinski definition) is 1. The molecule has 0 saturated carbocycles. The minimum atomic E-state index is -0.923. The number of anilines is 1. The number of nitrogens with zero attached hydrogens (tertiary/aromatic N) is 1. The third kappa shape index (κ3) is 4.73. The highest BCUT2D eigenvalue weighted by Gasteiger charge is 2.38. The monoisotopic (exact) mass is 522 g/mol. The van der Waals surface area contributed by atoms with E-state index in [0.717, 1.165) is 9.37 Å². The first-order valence-corrected chi connectivity index (χ1v) is 10.6. The molecule has 0 aliphatic carbocycles. The second-order valence-electron chi connectivity index (χ2n) is 6.97. The van der Waals surface area contributed by atoms with Gasteiger partial charge in [-0.25, -0.2) is 9.69 Å². The van der Waals surface area contributed by atoms with Crippen molar-refractivity contribution in [3.8, 4) is 17.2 Å². The molecule has 1 N–H and O–H groups in total. The van der Waals surface area contributed by atoms with Crippen molar-refractivity contribution in [1.82, 2.24) is 5.32 Å². The van der Waals surface area contributed by atoms with E-state index >= 15 is 0 Å². The molecule has 2 aromatic carbocycles. The Hall–Kier alpha value is -3.04. The standard InChI is InChI=1S/C22H20BrClN2O6/c1-11(2)32-17-6-5-13(23)7-12(17)8-14-20(27)25-22(29)26(21(14)28)16-10-18(30-3)15(24)9-19(16)31-4/h5-11H,1-4H3,(H,25,27,29)/b14-8+. The largest absolute Gasteiger partial charge is 0.495 e. The van der Waals surface area contributed by atoms with Crippen LogP contribution in [-0.2, 0) is 9.59 Å². The van der Waals surface area contributed by atoms with Gasteiger partial charge in [0.05, 0.1) is 31.0 Å². The van der Waals surface area contributed by atoms with Crippen LogP contribution in [0.3, 0.4) is 0 Å². The van der Waals surface area contributed by atoms with E-state index < -0.39 is 17.8 Å². The minimum Gasteiger partial charge on any atom is -0.495 e. The topological polar surface area (TPSA) is 94.2 Å². The van der Waals surface area contributed by atoms with Crippen LogP contribution in [0.15, 0.2) is 40.4 Å². The van der Waals surface area contributed by atoms with Gasteiger partial charge in [-0.15, -0.1) is 0 Å². The normalized spacial score (nSPS) is 15.3. The Bertz CT molecular complexity index is 1130. The summed E-state index contributed by atoms with van der Waals surface area (Å²) in [5, 5.41) is 2.41. The molecule has 0 unspecified atom stereocenters. The number of ether oxygens (including phenoxy) is 3. The lowest BCUT2D eigenvalue weighted by atomic mass is 10.1. The quantitative estimate of drug-likeness (QED) is 0.440. The molecule has 168 valence electrons. The predicted molar refractivity (Wildman–Crippen MR) is 123 cm³/mol. The average molecular weight is 524 g/mol. The van der Waals surface area contributed by atoms with Crippen LogP contribution in [0.5, 0.6) is 17.2 Å². The predicted octanol–water partition coefficient (Wildman–Crippen LogP) is 4.57. The molecule has 1 saturated heterocycles. The van der Waals surface area contributed by atoms with Crippen LogP contribution in [-0.4, -0.2) is 38.2 Å². The summed E-state index contributed by atoms with van der Waals surface area (Å²) < 4.78 is 17.0. The van der Waals surface area contributed by atoms with Crippen molar-refractivity contribution in [3.63, 3.8) is 0 Å². The number of benzene rings is 2. The van der Waals surface area contributed by atoms with E-state index in [1.54, 1.807) is 18.2 Å². The van der Waals surface area contributed by atoms with E-state index in [0.29, 0.717) is 11.3 Å². The Balaban J connectivity index is 2.13. The van der Waals surface area contributed by atoms with Gasteiger partial charge >= 0.3 is 6.03 Å². The second-order valence-corrected chi connectivity index (χ2v) is 8.29. The number of imide groups is 2. The lowest BCUT2D eigenvalue weighted by molar-refractivity contribution is -0.122. The van der Waals surface area contributed by atoms with Gasteiger partial charge in [0.1, 0.15) is 22.8 Å². The molecule has 10 heteroatoms. The highest BCUT2D eigenvalue weighted by molar-refractivity contribution is 9.10. The number of amides is 4. The number of halogens is 2. The van der Waals surface area contributed by atoms with Crippen LogP contribution >= 0.6 is 27.5 Å². The number of methoxy groups -OCH3 is 2. The van der Waals surface area contributed by atoms with Crippen molar-refractivity contribution in [2.24, 2.45) is 0 Å². The van der Waals surface area contributed by atoms with Crippen LogP contribution < -0.4 is 24.4 Å². The molecular formula is C22H20BrClN2O6. The first-order chi connectivity index (χ1) is 15.2. The highest BCUT2D eigenvalue weighted by Crippen LogP contribution is 2.39. The zero-order valence-electron chi connectivity index (χ0n) is 17.7. The van der Waals surface area contributed by atoms with Crippen molar-refractivity contribution in [3.05, 3.63) is 51.0 Å². The summed E-state index contributed by atoms with van der Waals surface area (Å²) in [6, 6.07) is 7.09. The molecule has 1 fully saturated rings. The summed E-state index contributed by atoms with van der Waals surface area (Å²) in [4.78, 5) is 39.3. The number of nitrogens with one attached hydrogen (secondary N) is 1. The second kappa shape index (κ2) is 9.62. The number of carbonyl (C=O) groups excluding carboxylic acids is 3. The van der Waals surface area contributed by atoms with Crippen LogP contribution in [0.4, 0.5) is 10.5 Å². The van der Waals surface area contributed by atoms with Crippen molar-refractivity contribution < 1.29 is 28.6 Å². The smallest absolute Gasteiger partial charge is 0.336 e. The van der Waals surface area contributed by atoms with Gasteiger partial charge in [-0.3, -0.25) is 14.9 Å². The van der Waals surface area contributed by atoms with Crippen LogP contribution in [0.25, 0.3) is 6.08 Å². The molecule has 1 aliphatic heterocycles. The van der Waals surface area contributed by atoms with Crippen molar-refractivity contribution in [1.29, 1.82) is 0 Å². The Kier molecular flexibility index (Phi) is 7.10. The molecule has 4 amide bonds. The lowest BCUT2D eigenvalue weighted by Gasteiger charge is -2.28. The maximum Gasteiger partial charge on any atom is 0.336 e. The zero-order valence-corrected chi connectivity index (χ0v) is 20.0. The molecule has 2 aromatic rings. The fourth-order valence-corrected chi connectivity index (χ4v) is 3.65. The molecular weight excluding hydrogens is 504 g/mol. The third-order valence-corrected chi connectivity index (χ3v) is 5.22. The van der Waals surface area contributed by atoms with E-state index in [9.17, 15) is 14.4 Å². The molecule has 0 spiro atoms. The van der Waals surface area contributed by atoms with Gasteiger partial charge < -0.3 is 14.2 Å². The van der Waals surface area contributed by atoms with Crippen molar-refractivity contribution >= 4 is 57.1 Å². The zero-order chi connectivity index (χ0) is 23.6. The molecule has 8 nitrogen and oxygen atoms in total. The van der Waals surface area contributed by atoms with Crippen LogP contribution in [0.1, 0.15) is 19.4 Å². The molecule has 0 aromatic heterocycles. The Morgan fingerprint density at radius 2 is 1.72 bits per heavy atom. The van der Waals surface area contributed by atoms with Gasteiger partial charge in [-0.2, -0.15) is 0 Å². The molecule has 32 heavy (non-hydrogen) atoms. The van der Waals surface area contributed by atoms with Gasteiger partial charge in [0.2, 0.25) is 0 Å². The summed E-state index contributed by atoms with van der Waals surface area (Å²) in [5.74, 6) is -0.807. The minimum absolute atomic E-state index is 0.0718. The SMILES string of the molecule is COc1cc(N2C(=O)NC(=O)/C(=C\c3cc(Br)ccc3OC(C)C)C2=O)c(OC)cc1Cl. The summed E-state index contributed by atoms with van der Waals surface area (Å²) >= 11 is 9.51. The van der Waals surface area contributed by atoms with Crippen molar-refractivity contribution in [2.75, 3.05) is 19.1 Å². The van der Waals surface area contributed by atoms with Crippen molar-refractivity contribution in [2.45, 2.75) is 20.0 Å². The third-order valence-electron chi connectivity index (χ3n) is 4.43. The van der Waals surface area contributed by atoms with Crippen LogP contribution in [0.2, 0.25) is 5.02 Å². The number of barbiturate groups is 1. The summed E-state index contributed by atoms with van der Waals surface area (Å²) in [7, 11) is 2.76. The van der Waals surface area contributed by atoms with E-state index in [1.807, 2.05) is 13.8 Å². The highest BCUT2D eigenvalue weighted by atomic mass is 79.9. The fraction of sp³-hybridized carbons (Fsp3) is 0.227. The first-order valence-electron chi connectivity index (χ1n) is 9.45. The maximum atomic E-state index is 13.3. The lowest BCUT2D eigenvalue weighted by Crippen LogP contribution is -2.54. The molecule has 0 atom stereocenters. The van der Waals surface area contributed by atoms with E-state index in [4.69, 9.17) is 25.8 Å². The van der Waals surface area contributed by atoms with Gasteiger partial charge in [0.25, 0.3) is 11.8 Å². The number of carbonyl (C=O) groups is 3. The molecule has 0 radical (unpaired) electrons. The van der Waals surface area contributed by atoms with Gasteiger partial charge in [0.15, 0.2) is 0 Å². The fourth-order valence-electron chi connectivity index (χ4n) is 3.04. The first kappa shape index (κ1) is 23.6. The number of urea groups is 1. The summed E-state index contributed by atoms with van der Waals surface area (Å²) in [5.41, 5.74) is 0.302. The Morgan fingerprint density at radius 1 is 1.03 bits per heavy atom. The van der Waals surface area contributed by atoms with Gasteiger partial charge in [0, 0.05) is 22.2 Å². The van der Waals surface area contributed by atoms with Gasteiger partial charge in [-0.05, 0) is 38.1 Å². The van der Waals surface area contributed by atoms with Gasteiger partial charge in [-0.1, -0.05) is 27.5 Å². The molecule has 1 heterocycles. The Morgan fingerprint density at radius 3 is 2.34 bits per heavy atom. The number of rotatable bonds is 6.